The third kappa shape index (κ3) is 2.79. The molecule has 0 radical (unpaired) electrons. The van der Waals surface area contributed by atoms with Crippen molar-refractivity contribution in [2.75, 3.05) is 13.7 Å². The van der Waals surface area contributed by atoms with Gasteiger partial charge in [-0.1, -0.05) is 13.8 Å². The van der Waals surface area contributed by atoms with Gasteiger partial charge in [0.15, 0.2) is 5.60 Å². The van der Waals surface area contributed by atoms with Crippen molar-refractivity contribution in [2.45, 2.75) is 25.9 Å². The van der Waals surface area contributed by atoms with Crippen LogP contribution in [0.1, 0.15) is 20.3 Å². The number of rotatable bonds is 4. The highest BCUT2D eigenvalue weighted by molar-refractivity contribution is 5.79. The number of hydrogen-bond acceptors (Lipinski definition) is 4. The smallest absolute Gasteiger partial charge is 0.340 e. The van der Waals surface area contributed by atoms with Gasteiger partial charge in [-0.15, -0.1) is 0 Å². The van der Waals surface area contributed by atoms with E-state index in [1.54, 1.807) is 0 Å². The van der Waals surface area contributed by atoms with Crippen molar-refractivity contribution in [1.82, 2.24) is 0 Å². The van der Waals surface area contributed by atoms with Gasteiger partial charge in [-0.25, -0.2) is 4.79 Å². The topological polar surface area (TPSA) is 66.8 Å². The lowest BCUT2D eigenvalue weighted by molar-refractivity contribution is -0.168. The molecule has 0 aliphatic heterocycles. The molecule has 0 saturated heterocycles. The lowest BCUT2D eigenvalue weighted by Crippen LogP contribution is -2.44. The minimum Gasteiger partial charge on any atom is -0.467 e. The number of methoxy groups -OCH3 is 1. The van der Waals surface area contributed by atoms with Gasteiger partial charge in [-0.2, -0.15) is 0 Å². The van der Waals surface area contributed by atoms with E-state index in [-0.39, 0.29) is 12.3 Å². The summed E-state index contributed by atoms with van der Waals surface area (Å²) in [6.07, 6.45) is 0.205. The quantitative estimate of drug-likeness (QED) is 0.588. The average Bonchev–Trinajstić information content (AvgIpc) is 2.01. The number of aliphatic hydroxyl groups is 2. The molecular weight excluding hydrogens is 160 g/mol. The molecule has 0 aromatic carbocycles. The number of esters is 1. The molecule has 0 spiro atoms. The molecule has 0 saturated carbocycles. The molecule has 72 valence electrons. The van der Waals surface area contributed by atoms with Crippen LogP contribution in [0.3, 0.4) is 0 Å². The van der Waals surface area contributed by atoms with Crippen LogP contribution in [0.25, 0.3) is 0 Å². The molecule has 0 aliphatic carbocycles. The van der Waals surface area contributed by atoms with Crippen molar-refractivity contribution in [2.24, 2.45) is 5.92 Å². The minimum atomic E-state index is -1.73. The Kier molecular flexibility index (Phi) is 4.20. The van der Waals surface area contributed by atoms with Gasteiger partial charge in [-0.3, -0.25) is 0 Å². The van der Waals surface area contributed by atoms with Crippen LogP contribution in [-0.4, -0.2) is 35.5 Å². The largest absolute Gasteiger partial charge is 0.467 e. The Bertz CT molecular complexity index is 155. The highest BCUT2D eigenvalue weighted by Gasteiger charge is 2.36. The number of carbonyl (C=O) groups is 1. The first-order valence-corrected chi connectivity index (χ1v) is 3.88. The van der Waals surface area contributed by atoms with Crippen LogP contribution in [-0.2, 0) is 9.53 Å². The van der Waals surface area contributed by atoms with E-state index in [2.05, 4.69) is 4.74 Å². The van der Waals surface area contributed by atoms with Crippen molar-refractivity contribution in [3.63, 3.8) is 0 Å². The molecule has 0 amide bonds. The maximum Gasteiger partial charge on any atom is 0.340 e. The molecule has 4 nitrogen and oxygen atoms in total. The molecule has 0 aliphatic rings. The fourth-order valence-electron chi connectivity index (χ4n) is 1.08. The van der Waals surface area contributed by atoms with Crippen LogP contribution in [0.4, 0.5) is 0 Å². The van der Waals surface area contributed by atoms with E-state index >= 15 is 0 Å². The molecule has 1 atom stereocenters. The monoisotopic (exact) mass is 176 g/mol. The summed E-state index contributed by atoms with van der Waals surface area (Å²) in [5, 5.41) is 18.3. The third-order valence-electron chi connectivity index (χ3n) is 1.57. The Morgan fingerprint density at radius 2 is 2.08 bits per heavy atom. The van der Waals surface area contributed by atoms with Gasteiger partial charge >= 0.3 is 5.97 Å². The first-order chi connectivity index (χ1) is 5.46. The van der Waals surface area contributed by atoms with E-state index in [1.165, 1.54) is 7.11 Å². The lowest BCUT2D eigenvalue weighted by Gasteiger charge is -2.24. The van der Waals surface area contributed by atoms with Crippen LogP contribution in [0.15, 0.2) is 0 Å². The first-order valence-electron chi connectivity index (χ1n) is 3.88. The molecule has 0 aromatic rings. The lowest BCUT2D eigenvalue weighted by atomic mass is 9.93. The summed E-state index contributed by atoms with van der Waals surface area (Å²) in [6, 6.07) is 0. The summed E-state index contributed by atoms with van der Waals surface area (Å²) in [7, 11) is 1.18. The molecular formula is C8H16O4. The fraction of sp³-hybridized carbons (Fsp3) is 0.875. The Morgan fingerprint density at radius 3 is 2.33 bits per heavy atom. The molecule has 0 heterocycles. The van der Waals surface area contributed by atoms with Crippen molar-refractivity contribution < 1.29 is 19.7 Å². The van der Waals surface area contributed by atoms with Gasteiger partial charge < -0.3 is 14.9 Å². The van der Waals surface area contributed by atoms with Crippen LogP contribution >= 0.6 is 0 Å². The second-order valence-electron chi connectivity index (χ2n) is 3.28. The Hall–Kier alpha value is -0.610. The van der Waals surface area contributed by atoms with E-state index < -0.39 is 18.2 Å². The molecule has 0 bridgehead atoms. The SMILES string of the molecule is COC(=O)C(O)(CO)CC(C)C. The molecule has 0 fully saturated rings. The fourth-order valence-corrected chi connectivity index (χ4v) is 1.08. The normalized spacial score (nSPS) is 15.8. The zero-order valence-electron chi connectivity index (χ0n) is 7.70. The van der Waals surface area contributed by atoms with Gasteiger partial charge in [0.05, 0.1) is 13.7 Å². The molecule has 12 heavy (non-hydrogen) atoms. The van der Waals surface area contributed by atoms with E-state index in [0.29, 0.717) is 0 Å². The van der Waals surface area contributed by atoms with E-state index in [4.69, 9.17) is 5.11 Å². The summed E-state index contributed by atoms with van der Waals surface area (Å²) in [5.74, 6) is -0.653. The Morgan fingerprint density at radius 1 is 1.58 bits per heavy atom. The zero-order chi connectivity index (χ0) is 9.78. The third-order valence-corrected chi connectivity index (χ3v) is 1.57. The van der Waals surface area contributed by atoms with Gasteiger partial charge in [-0.05, 0) is 12.3 Å². The van der Waals surface area contributed by atoms with Crippen molar-refractivity contribution in [3.05, 3.63) is 0 Å². The second-order valence-corrected chi connectivity index (χ2v) is 3.28. The zero-order valence-corrected chi connectivity index (χ0v) is 7.70. The highest BCUT2D eigenvalue weighted by Crippen LogP contribution is 2.17. The Labute approximate surface area is 72.2 Å². The van der Waals surface area contributed by atoms with Crippen LogP contribution in [0.2, 0.25) is 0 Å². The maximum atomic E-state index is 11.0. The summed E-state index contributed by atoms with van der Waals surface area (Å²) in [6.45, 7) is 3.10. The Balaban J connectivity index is 4.33. The number of ether oxygens (including phenoxy) is 1. The van der Waals surface area contributed by atoms with E-state index in [0.717, 1.165) is 0 Å². The number of aliphatic hydroxyl groups excluding tert-OH is 1. The molecule has 1 unspecified atom stereocenters. The number of carbonyl (C=O) groups excluding carboxylic acids is 1. The van der Waals surface area contributed by atoms with Crippen LogP contribution < -0.4 is 0 Å². The maximum absolute atomic E-state index is 11.0. The summed E-state index contributed by atoms with van der Waals surface area (Å²) >= 11 is 0. The van der Waals surface area contributed by atoms with Gasteiger partial charge in [0.1, 0.15) is 0 Å². The van der Waals surface area contributed by atoms with Gasteiger partial charge in [0, 0.05) is 0 Å². The van der Waals surface area contributed by atoms with Gasteiger partial charge in [0.25, 0.3) is 0 Å². The van der Waals surface area contributed by atoms with E-state index in [1.807, 2.05) is 13.8 Å². The molecule has 2 N–H and O–H groups in total. The summed E-state index contributed by atoms with van der Waals surface area (Å²) in [5.41, 5.74) is -1.73. The minimum absolute atomic E-state index is 0.126. The molecule has 0 rings (SSSR count). The molecule has 4 heteroatoms. The van der Waals surface area contributed by atoms with Crippen molar-refractivity contribution in [3.8, 4) is 0 Å². The van der Waals surface area contributed by atoms with Crippen molar-refractivity contribution >= 4 is 5.97 Å². The summed E-state index contributed by atoms with van der Waals surface area (Å²) in [4.78, 5) is 11.0. The molecule has 0 aromatic heterocycles. The predicted molar refractivity (Wildman–Crippen MR) is 43.5 cm³/mol. The standard InChI is InChI=1S/C8H16O4/c1-6(2)4-8(11,5-9)7(10)12-3/h6,9,11H,4-5H2,1-3H3. The van der Waals surface area contributed by atoms with Crippen molar-refractivity contribution in [1.29, 1.82) is 0 Å². The average molecular weight is 176 g/mol. The number of hydrogen-bond donors (Lipinski definition) is 2. The van der Waals surface area contributed by atoms with Crippen LogP contribution in [0.5, 0.6) is 0 Å². The summed E-state index contributed by atoms with van der Waals surface area (Å²) < 4.78 is 4.36. The van der Waals surface area contributed by atoms with Crippen LogP contribution in [0, 0.1) is 5.92 Å². The highest BCUT2D eigenvalue weighted by atomic mass is 16.5. The van der Waals surface area contributed by atoms with E-state index in [9.17, 15) is 9.90 Å². The predicted octanol–water partition coefficient (Wildman–Crippen LogP) is -0.0711. The van der Waals surface area contributed by atoms with Gasteiger partial charge in [0.2, 0.25) is 0 Å². The first kappa shape index (κ1) is 11.4. The second kappa shape index (κ2) is 4.42.